The van der Waals surface area contributed by atoms with Gasteiger partial charge in [0.15, 0.2) is 5.82 Å². The van der Waals surface area contributed by atoms with Gasteiger partial charge < -0.3 is 9.72 Å². The Morgan fingerprint density at radius 3 is 2.66 bits per heavy atom. The molecule has 0 bridgehead atoms. The number of nitrogens with one attached hydrogen (secondary N) is 2. The van der Waals surface area contributed by atoms with Crippen molar-refractivity contribution in [3.05, 3.63) is 73.4 Å². The summed E-state index contributed by atoms with van der Waals surface area (Å²) in [5.74, 6) is 1.46. The topological polar surface area (TPSA) is 108 Å². The minimum Gasteiger partial charge on any atom is -0.491 e. The molecule has 2 N–H and O–H groups in total. The standard InChI is InChI=1S/C29H26N8O/c1-2-11-37(10-1)12-13-38-22-14-21(17-31-18-22)19-5-6-24-23(15-19)27(36-35-24)29-33-25-7-9-32-26(28(25)34-29)20-4-3-8-30-16-20/h3-9,14-18H,1-2,10-13H2,(H,33,34)(H,35,36). The lowest BCUT2D eigenvalue weighted by Crippen LogP contribution is -2.25. The number of pyridine rings is 3. The van der Waals surface area contributed by atoms with Crippen LogP contribution in [0.5, 0.6) is 5.75 Å². The summed E-state index contributed by atoms with van der Waals surface area (Å²) in [5, 5.41) is 8.71. The van der Waals surface area contributed by atoms with Crippen LogP contribution in [0.1, 0.15) is 12.8 Å². The van der Waals surface area contributed by atoms with Gasteiger partial charge in [-0.1, -0.05) is 6.07 Å². The van der Waals surface area contributed by atoms with Gasteiger partial charge in [-0.15, -0.1) is 0 Å². The number of aromatic amines is 2. The zero-order valence-corrected chi connectivity index (χ0v) is 20.8. The van der Waals surface area contributed by atoms with Gasteiger partial charge in [-0.3, -0.25) is 25.0 Å². The molecule has 1 saturated heterocycles. The van der Waals surface area contributed by atoms with Crippen molar-refractivity contribution in [2.24, 2.45) is 0 Å². The average Bonchev–Trinajstić information content (AvgIpc) is 3.73. The number of nitrogens with zero attached hydrogens (tertiary/aromatic N) is 6. The highest BCUT2D eigenvalue weighted by molar-refractivity contribution is 5.97. The first kappa shape index (κ1) is 22.6. The highest BCUT2D eigenvalue weighted by Crippen LogP contribution is 2.32. The highest BCUT2D eigenvalue weighted by atomic mass is 16.5. The zero-order valence-electron chi connectivity index (χ0n) is 20.8. The second kappa shape index (κ2) is 9.68. The van der Waals surface area contributed by atoms with Crippen molar-refractivity contribution in [1.82, 2.24) is 40.0 Å². The summed E-state index contributed by atoms with van der Waals surface area (Å²) in [5.41, 5.74) is 7.08. The first-order valence-electron chi connectivity index (χ1n) is 12.9. The zero-order chi connectivity index (χ0) is 25.3. The van der Waals surface area contributed by atoms with Crippen molar-refractivity contribution in [1.29, 1.82) is 0 Å². The molecule has 188 valence electrons. The van der Waals surface area contributed by atoms with E-state index in [0.717, 1.165) is 62.3 Å². The van der Waals surface area contributed by atoms with Gasteiger partial charge in [0.25, 0.3) is 0 Å². The van der Waals surface area contributed by atoms with Crippen LogP contribution in [0.2, 0.25) is 0 Å². The Kier molecular flexibility index (Phi) is 5.75. The van der Waals surface area contributed by atoms with E-state index < -0.39 is 0 Å². The van der Waals surface area contributed by atoms with Crippen LogP contribution >= 0.6 is 0 Å². The van der Waals surface area contributed by atoms with Crippen molar-refractivity contribution >= 4 is 21.9 Å². The fraction of sp³-hybridized carbons (Fsp3) is 0.207. The maximum absolute atomic E-state index is 6.03. The van der Waals surface area contributed by atoms with Gasteiger partial charge in [0.2, 0.25) is 0 Å². The van der Waals surface area contributed by atoms with Crippen LogP contribution in [-0.2, 0) is 0 Å². The average molecular weight is 503 g/mol. The lowest BCUT2D eigenvalue weighted by Gasteiger charge is -2.15. The molecular weight excluding hydrogens is 476 g/mol. The van der Waals surface area contributed by atoms with E-state index in [1.165, 1.54) is 25.9 Å². The Hall–Kier alpha value is -4.63. The van der Waals surface area contributed by atoms with Gasteiger partial charge in [0.05, 0.1) is 22.9 Å². The van der Waals surface area contributed by atoms with E-state index in [4.69, 9.17) is 9.72 Å². The molecule has 38 heavy (non-hydrogen) atoms. The molecule has 9 nitrogen and oxygen atoms in total. The Labute approximate surface area is 219 Å². The molecule has 1 aromatic carbocycles. The summed E-state index contributed by atoms with van der Waals surface area (Å²) in [7, 11) is 0. The number of hydrogen-bond donors (Lipinski definition) is 2. The molecule has 0 aliphatic carbocycles. The maximum atomic E-state index is 6.03. The van der Waals surface area contributed by atoms with Gasteiger partial charge in [-0.25, -0.2) is 4.98 Å². The molecule has 6 heterocycles. The minimum absolute atomic E-state index is 0.665. The molecule has 5 aromatic heterocycles. The van der Waals surface area contributed by atoms with Gasteiger partial charge in [0, 0.05) is 47.8 Å². The van der Waals surface area contributed by atoms with Crippen LogP contribution in [0.15, 0.2) is 73.4 Å². The first-order chi connectivity index (χ1) is 18.8. The van der Waals surface area contributed by atoms with Gasteiger partial charge >= 0.3 is 0 Å². The second-order valence-electron chi connectivity index (χ2n) is 9.52. The number of imidazole rings is 1. The van der Waals surface area contributed by atoms with Crippen molar-refractivity contribution < 1.29 is 4.74 Å². The molecule has 0 spiro atoms. The molecule has 0 atom stereocenters. The minimum atomic E-state index is 0.665. The number of likely N-dealkylation sites (tertiary alicyclic amines) is 1. The van der Waals surface area contributed by atoms with E-state index in [2.05, 4.69) is 47.2 Å². The largest absolute Gasteiger partial charge is 0.491 e. The predicted molar refractivity (Wildman–Crippen MR) is 147 cm³/mol. The fourth-order valence-corrected chi connectivity index (χ4v) is 5.09. The van der Waals surface area contributed by atoms with Crippen LogP contribution < -0.4 is 4.74 Å². The quantitative estimate of drug-likeness (QED) is 0.313. The van der Waals surface area contributed by atoms with E-state index in [1.807, 2.05) is 36.5 Å². The molecule has 7 rings (SSSR count). The number of rotatable bonds is 7. The Morgan fingerprint density at radius 1 is 0.842 bits per heavy atom. The van der Waals surface area contributed by atoms with Crippen molar-refractivity contribution in [2.75, 3.05) is 26.2 Å². The molecule has 0 unspecified atom stereocenters. The molecule has 0 amide bonds. The van der Waals surface area contributed by atoms with Crippen LogP contribution in [0.25, 0.3) is 55.8 Å². The summed E-state index contributed by atoms with van der Waals surface area (Å²) < 4.78 is 6.03. The van der Waals surface area contributed by atoms with E-state index >= 15 is 0 Å². The molecule has 6 aromatic rings. The summed E-state index contributed by atoms with van der Waals surface area (Å²) >= 11 is 0. The fourth-order valence-electron chi connectivity index (χ4n) is 5.09. The SMILES string of the molecule is c1cncc(-c2nccc3[nH]c(-c4n[nH]c5ccc(-c6cncc(OCCN7CCCC7)c6)cc45)nc23)c1. The molecule has 0 radical (unpaired) electrons. The summed E-state index contributed by atoms with van der Waals surface area (Å²) in [6, 6.07) is 14.1. The van der Waals surface area contributed by atoms with E-state index in [0.29, 0.717) is 12.4 Å². The number of fused-ring (bicyclic) bond motifs is 2. The van der Waals surface area contributed by atoms with Gasteiger partial charge in [-0.2, -0.15) is 5.10 Å². The van der Waals surface area contributed by atoms with Crippen LogP contribution in [0.4, 0.5) is 0 Å². The van der Waals surface area contributed by atoms with Gasteiger partial charge in [0.1, 0.15) is 23.6 Å². The normalized spacial score (nSPS) is 14.0. The number of aromatic nitrogens is 7. The number of benzene rings is 1. The maximum Gasteiger partial charge on any atom is 0.159 e. The predicted octanol–water partition coefficient (Wildman–Crippen LogP) is 5.10. The lowest BCUT2D eigenvalue weighted by atomic mass is 10.0. The van der Waals surface area contributed by atoms with E-state index in [1.54, 1.807) is 24.8 Å². The van der Waals surface area contributed by atoms with Crippen LogP contribution in [0, 0.1) is 0 Å². The van der Waals surface area contributed by atoms with E-state index in [9.17, 15) is 0 Å². The summed E-state index contributed by atoms with van der Waals surface area (Å²) in [4.78, 5) is 24.0. The number of ether oxygens (including phenoxy) is 1. The molecule has 1 aliphatic heterocycles. The lowest BCUT2D eigenvalue weighted by molar-refractivity contribution is 0.237. The highest BCUT2D eigenvalue weighted by Gasteiger charge is 2.17. The van der Waals surface area contributed by atoms with Crippen molar-refractivity contribution in [3.63, 3.8) is 0 Å². The van der Waals surface area contributed by atoms with Crippen molar-refractivity contribution in [3.8, 4) is 39.7 Å². The molecule has 0 saturated carbocycles. The van der Waals surface area contributed by atoms with Gasteiger partial charge in [-0.05, 0) is 67.9 Å². The molecular formula is C29H26N8O. The van der Waals surface area contributed by atoms with Crippen LogP contribution in [-0.4, -0.2) is 66.3 Å². The number of H-pyrrole nitrogens is 2. The second-order valence-corrected chi connectivity index (χ2v) is 9.52. The third-order valence-electron chi connectivity index (χ3n) is 7.04. The summed E-state index contributed by atoms with van der Waals surface area (Å²) in [6.07, 6.45) is 11.5. The third-order valence-corrected chi connectivity index (χ3v) is 7.04. The summed E-state index contributed by atoms with van der Waals surface area (Å²) in [6.45, 7) is 3.95. The Bertz CT molecular complexity index is 1720. The van der Waals surface area contributed by atoms with Crippen molar-refractivity contribution in [2.45, 2.75) is 12.8 Å². The first-order valence-corrected chi connectivity index (χ1v) is 12.9. The Balaban J connectivity index is 1.20. The number of hydrogen-bond acceptors (Lipinski definition) is 7. The third kappa shape index (κ3) is 4.26. The smallest absolute Gasteiger partial charge is 0.159 e. The monoisotopic (exact) mass is 502 g/mol. The molecule has 1 aliphatic rings. The molecule has 1 fully saturated rings. The molecule has 9 heteroatoms. The van der Waals surface area contributed by atoms with E-state index in [-0.39, 0.29) is 0 Å². The van der Waals surface area contributed by atoms with Crippen LogP contribution in [0.3, 0.4) is 0 Å². The Morgan fingerprint density at radius 2 is 1.76 bits per heavy atom.